The second-order valence-corrected chi connectivity index (χ2v) is 6.02. The van der Waals surface area contributed by atoms with Crippen LogP contribution in [0.4, 0.5) is 0 Å². The number of fused-ring (bicyclic) bond motifs is 1. The Hall–Kier alpha value is -2.21. The molecule has 116 valence electrons. The zero-order chi connectivity index (χ0) is 15.5. The van der Waals surface area contributed by atoms with Gasteiger partial charge in [0.15, 0.2) is 0 Å². The van der Waals surface area contributed by atoms with E-state index in [2.05, 4.69) is 45.7 Å². The van der Waals surface area contributed by atoms with Crippen molar-refractivity contribution in [3.05, 3.63) is 42.4 Å². The molecule has 3 rings (SSSR count). The number of aromatic amines is 3. The van der Waals surface area contributed by atoms with Crippen LogP contribution in [0, 0.1) is 6.92 Å². The summed E-state index contributed by atoms with van der Waals surface area (Å²) in [7, 11) is 1.68. The maximum Gasteiger partial charge on any atom is 0.118 e. The molecule has 0 amide bonds. The molecule has 0 atom stereocenters. The summed E-state index contributed by atoms with van der Waals surface area (Å²) in [5.41, 5.74) is 3.38. The molecule has 0 bridgehead atoms. The second kappa shape index (κ2) is 6.27. The average Bonchev–Trinajstić information content (AvgIpc) is 2.72. The Morgan fingerprint density at radius 1 is 1.14 bits per heavy atom. The number of aromatic nitrogens is 4. The summed E-state index contributed by atoms with van der Waals surface area (Å²) in [6, 6.07) is 8.08. The number of aryl methyl sites for hydroxylation is 2. The number of nitrogens with zero attached hydrogens (tertiary/aromatic N) is 1. The summed E-state index contributed by atoms with van der Waals surface area (Å²) in [4.78, 5) is 7.86. The van der Waals surface area contributed by atoms with Gasteiger partial charge in [-0.05, 0) is 38.1 Å². The van der Waals surface area contributed by atoms with E-state index < -0.39 is 0 Å². The van der Waals surface area contributed by atoms with Gasteiger partial charge in [-0.25, -0.2) is 0 Å². The van der Waals surface area contributed by atoms with E-state index in [1.165, 1.54) is 0 Å². The van der Waals surface area contributed by atoms with E-state index in [1.807, 2.05) is 24.5 Å². The van der Waals surface area contributed by atoms with Crippen molar-refractivity contribution in [3.63, 3.8) is 0 Å². The van der Waals surface area contributed by atoms with E-state index in [1.54, 1.807) is 18.9 Å². The highest BCUT2D eigenvalue weighted by Crippen LogP contribution is 2.35. The average molecular weight is 316 g/mol. The van der Waals surface area contributed by atoms with Gasteiger partial charge < -0.3 is 19.8 Å². The van der Waals surface area contributed by atoms with Gasteiger partial charge in [0.1, 0.15) is 16.5 Å². The first-order chi connectivity index (χ1) is 10.7. The largest absolute Gasteiger partial charge is 0.497 e. The third kappa shape index (κ3) is 2.74. The molecular formula is C16H20N4OS. The maximum absolute atomic E-state index is 5.21. The van der Waals surface area contributed by atoms with E-state index >= 15 is 0 Å². The minimum Gasteiger partial charge on any atom is -0.497 e. The Morgan fingerprint density at radius 3 is 2.55 bits per heavy atom. The van der Waals surface area contributed by atoms with E-state index in [0.717, 1.165) is 39.3 Å². The molecule has 2 aliphatic rings. The summed E-state index contributed by atoms with van der Waals surface area (Å²) in [6.07, 6.45) is 3.84. The first-order valence-corrected chi connectivity index (χ1v) is 8.04. The van der Waals surface area contributed by atoms with E-state index in [0.29, 0.717) is 0 Å². The summed E-state index contributed by atoms with van der Waals surface area (Å²) in [5.74, 6) is 0.867. The molecule has 0 aliphatic carbocycles. The minimum absolute atomic E-state index is 0.867. The third-order valence-electron chi connectivity index (χ3n) is 3.52. The number of hydrogen-bond acceptors (Lipinski definition) is 2. The Kier molecular flexibility index (Phi) is 4.20. The zero-order valence-electron chi connectivity index (χ0n) is 12.9. The lowest BCUT2D eigenvalue weighted by Gasteiger charge is -2.08. The van der Waals surface area contributed by atoms with Crippen LogP contribution in [0.2, 0.25) is 0 Å². The molecular weight excluding hydrogens is 296 g/mol. The Morgan fingerprint density at radius 2 is 1.86 bits per heavy atom. The molecule has 0 radical (unpaired) electrons. The topological polar surface area (TPSA) is 61.5 Å². The zero-order valence-corrected chi connectivity index (χ0v) is 13.8. The van der Waals surface area contributed by atoms with Crippen LogP contribution in [0.5, 0.6) is 5.75 Å². The summed E-state index contributed by atoms with van der Waals surface area (Å²) >= 11 is 1.70. The number of ether oxygens (including phenoxy) is 1. The van der Waals surface area contributed by atoms with Crippen LogP contribution in [-0.4, -0.2) is 26.9 Å². The molecule has 2 heterocycles. The van der Waals surface area contributed by atoms with Gasteiger partial charge >= 0.3 is 0 Å². The van der Waals surface area contributed by atoms with Gasteiger partial charge in [0, 0.05) is 23.8 Å². The van der Waals surface area contributed by atoms with E-state index in [-0.39, 0.29) is 0 Å². The third-order valence-corrected chi connectivity index (χ3v) is 4.54. The van der Waals surface area contributed by atoms with Crippen molar-refractivity contribution >= 4 is 11.8 Å². The molecule has 0 unspecified atom stereocenters. The van der Waals surface area contributed by atoms with Gasteiger partial charge in [-0.15, -0.1) is 0 Å². The van der Waals surface area contributed by atoms with Crippen LogP contribution < -0.4 is 4.74 Å². The van der Waals surface area contributed by atoms with Gasteiger partial charge in [-0.2, -0.15) is 0 Å². The number of hydrogen-bond donors (Lipinski definition) is 3. The Balaban J connectivity index is 2.04. The van der Waals surface area contributed by atoms with Crippen molar-refractivity contribution in [1.82, 2.24) is 19.7 Å². The number of methoxy groups -OCH3 is 1. The first kappa shape index (κ1) is 14.7. The molecule has 6 heteroatoms. The van der Waals surface area contributed by atoms with Crippen molar-refractivity contribution in [3.8, 4) is 17.1 Å². The lowest BCUT2D eigenvalue weighted by atomic mass is 10.3. The van der Waals surface area contributed by atoms with Crippen LogP contribution in [0.25, 0.3) is 11.4 Å². The first-order valence-electron chi connectivity index (χ1n) is 7.22. The van der Waals surface area contributed by atoms with Gasteiger partial charge in [-0.1, -0.05) is 11.8 Å². The Labute approximate surface area is 133 Å². The van der Waals surface area contributed by atoms with Gasteiger partial charge in [0.2, 0.25) is 0 Å². The highest BCUT2D eigenvalue weighted by Gasteiger charge is 2.17. The van der Waals surface area contributed by atoms with Crippen LogP contribution in [0.1, 0.15) is 12.6 Å². The molecule has 0 spiro atoms. The van der Waals surface area contributed by atoms with Crippen molar-refractivity contribution < 1.29 is 4.74 Å². The van der Waals surface area contributed by atoms with E-state index in [9.17, 15) is 0 Å². The highest BCUT2D eigenvalue weighted by molar-refractivity contribution is 7.99. The molecule has 1 aromatic rings. The highest BCUT2D eigenvalue weighted by atomic mass is 32.2. The summed E-state index contributed by atoms with van der Waals surface area (Å²) in [6.45, 7) is 5.09. The fourth-order valence-electron chi connectivity index (χ4n) is 2.43. The van der Waals surface area contributed by atoms with Crippen LogP contribution in [0.15, 0.2) is 46.6 Å². The van der Waals surface area contributed by atoms with Crippen LogP contribution in [-0.2, 0) is 6.54 Å². The SMILES string of the molecule is CCn1[nH]c(C)c2[nH]cc[nH]c(Sc3ccc(OC)cc3)c1-2. The molecule has 0 saturated carbocycles. The van der Waals surface area contributed by atoms with Crippen LogP contribution in [0.3, 0.4) is 0 Å². The molecule has 0 fully saturated rings. The maximum atomic E-state index is 5.21. The number of H-pyrrole nitrogens is 3. The van der Waals surface area contributed by atoms with Gasteiger partial charge in [-0.3, -0.25) is 4.68 Å². The minimum atomic E-state index is 0.867. The number of nitrogens with one attached hydrogen (secondary N) is 3. The molecule has 3 N–H and O–H groups in total. The number of benzene rings is 1. The number of rotatable bonds is 4. The predicted octanol–water partition coefficient (Wildman–Crippen LogP) is 4.19. The molecule has 0 aromatic heterocycles. The fraction of sp³-hybridized carbons (Fsp3) is 0.250. The normalized spacial score (nSPS) is 10.9. The lowest BCUT2D eigenvalue weighted by molar-refractivity contribution is 0.414. The Bertz CT molecular complexity index is 761. The van der Waals surface area contributed by atoms with Crippen LogP contribution >= 0.6 is 11.8 Å². The molecule has 22 heavy (non-hydrogen) atoms. The summed E-state index contributed by atoms with van der Waals surface area (Å²) < 4.78 is 7.36. The smallest absolute Gasteiger partial charge is 0.118 e. The van der Waals surface area contributed by atoms with Gasteiger partial charge in [0.25, 0.3) is 0 Å². The quantitative estimate of drug-likeness (QED) is 0.676. The molecule has 2 aliphatic heterocycles. The standard InChI is InChI=1S/C16H20N4OS/c1-4-20-15-14(11(2)19-20)17-9-10-18-16(15)22-13-7-5-12(21-3)6-8-13/h5-10,17-19H,4H2,1-3H3. The van der Waals surface area contributed by atoms with Gasteiger partial charge in [0.05, 0.1) is 18.5 Å². The lowest BCUT2D eigenvalue weighted by Crippen LogP contribution is -1.99. The van der Waals surface area contributed by atoms with Crippen molar-refractivity contribution in [1.29, 1.82) is 0 Å². The second-order valence-electron chi connectivity index (χ2n) is 4.93. The molecule has 5 nitrogen and oxygen atoms in total. The predicted molar refractivity (Wildman–Crippen MR) is 89.3 cm³/mol. The monoisotopic (exact) mass is 316 g/mol. The molecule has 0 saturated heterocycles. The van der Waals surface area contributed by atoms with Crippen molar-refractivity contribution in [2.45, 2.75) is 30.3 Å². The fourth-order valence-corrected chi connectivity index (χ4v) is 3.37. The molecule has 1 aromatic carbocycles. The summed E-state index contributed by atoms with van der Waals surface area (Å²) in [5, 5.41) is 4.48. The van der Waals surface area contributed by atoms with Crippen molar-refractivity contribution in [2.75, 3.05) is 7.11 Å². The van der Waals surface area contributed by atoms with Crippen molar-refractivity contribution in [2.24, 2.45) is 0 Å². The van der Waals surface area contributed by atoms with E-state index in [4.69, 9.17) is 4.74 Å².